The zero-order valence-electron chi connectivity index (χ0n) is 11.8. The summed E-state index contributed by atoms with van der Waals surface area (Å²) in [5, 5.41) is 0. The Kier molecular flexibility index (Phi) is 6.77. The minimum absolute atomic E-state index is 0.415. The molecule has 4 nitrogen and oxygen atoms in total. The highest BCUT2D eigenvalue weighted by Gasteiger charge is 2.15. The molecule has 0 fully saturated rings. The van der Waals surface area contributed by atoms with E-state index >= 15 is 0 Å². The second-order valence-corrected chi connectivity index (χ2v) is 4.75. The van der Waals surface area contributed by atoms with Crippen molar-refractivity contribution in [1.82, 2.24) is 0 Å². The van der Waals surface area contributed by atoms with Crippen LogP contribution in [-0.2, 0) is 9.47 Å². The molecule has 1 aromatic carbocycles. The maximum Gasteiger partial charge on any atom is 0.106 e. The van der Waals surface area contributed by atoms with Crippen LogP contribution in [0.5, 0.6) is 0 Å². The van der Waals surface area contributed by atoms with Gasteiger partial charge in [0.1, 0.15) is 4.99 Å². The lowest BCUT2D eigenvalue weighted by atomic mass is 10.1. The van der Waals surface area contributed by atoms with E-state index in [4.69, 9.17) is 27.4 Å². The highest BCUT2D eigenvalue weighted by molar-refractivity contribution is 7.80. The van der Waals surface area contributed by atoms with E-state index in [1.165, 1.54) is 0 Å². The van der Waals surface area contributed by atoms with Gasteiger partial charge in [-0.3, -0.25) is 0 Å². The third kappa shape index (κ3) is 4.45. The van der Waals surface area contributed by atoms with E-state index in [0.717, 1.165) is 29.9 Å². The normalized spacial score (nSPS) is 10.5. The molecule has 0 bridgehead atoms. The molecule has 0 amide bonds. The molecule has 1 rings (SSSR count). The monoisotopic (exact) mass is 282 g/mol. The quantitative estimate of drug-likeness (QED) is 0.736. The number of para-hydroxylation sites is 1. The first kappa shape index (κ1) is 15.9. The molecule has 1 aromatic rings. The number of benzene rings is 1. The summed E-state index contributed by atoms with van der Waals surface area (Å²) in [4.78, 5) is 2.62. The van der Waals surface area contributed by atoms with E-state index in [1.54, 1.807) is 14.2 Å². The van der Waals surface area contributed by atoms with Crippen molar-refractivity contribution in [3.8, 4) is 0 Å². The van der Waals surface area contributed by atoms with Crippen LogP contribution in [0.15, 0.2) is 18.2 Å². The van der Waals surface area contributed by atoms with Crippen molar-refractivity contribution in [2.75, 3.05) is 45.4 Å². The zero-order chi connectivity index (χ0) is 14.3. The van der Waals surface area contributed by atoms with Crippen LogP contribution in [0, 0.1) is 6.92 Å². The number of thiocarbonyl (C=S) groups is 1. The first-order valence-corrected chi connectivity index (χ1v) is 6.64. The van der Waals surface area contributed by atoms with Crippen LogP contribution in [-0.4, -0.2) is 45.5 Å². The number of rotatable bonds is 8. The Morgan fingerprint density at radius 2 is 1.79 bits per heavy atom. The Morgan fingerprint density at radius 3 is 2.26 bits per heavy atom. The van der Waals surface area contributed by atoms with Crippen LogP contribution in [0.3, 0.4) is 0 Å². The van der Waals surface area contributed by atoms with Crippen LogP contribution in [0.4, 0.5) is 5.69 Å². The molecular weight excluding hydrogens is 260 g/mol. The topological polar surface area (TPSA) is 47.7 Å². The van der Waals surface area contributed by atoms with Crippen LogP contribution >= 0.6 is 12.2 Å². The summed E-state index contributed by atoms with van der Waals surface area (Å²) < 4.78 is 10.3. The van der Waals surface area contributed by atoms with Gasteiger partial charge in [0, 0.05) is 32.9 Å². The summed E-state index contributed by atoms with van der Waals surface area (Å²) in [6.45, 7) is 4.91. The lowest BCUT2D eigenvalue weighted by molar-refractivity contribution is 0.190. The second kappa shape index (κ2) is 8.09. The van der Waals surface area contributed by atoms with E-state index in [1.807, 2.05) is 12.1 Å². The highest BCUT2D eigenvalue weighted by Crippen LogP contribution is 2.25. The molecule has 0 spiro atoms. The van der Waals surface area contributed by atoms with Gasteiger partial charge >= 0.3 is 0 Å². The first-order valence-electron chi connectivity index (χ1n) is 6.24. The van der Waals surface area contributed by atoms with Gasteiger partial charge in [0.2, 0.25) is 0 Å². The van der Waals surface area contributed by atoms with Crippen LogP contribution < -0.4 is 10.6 Å². The van der Waals surface area contributed by atoms with Gasteiger partial charge in [-0.2, -0.15) is 0 Å². The predicted octanol–water partition coefficient (Wildman–Crippen LogP) is 1.73. The van der Waals surface area contributed by atoms with Crippen LogP contribution in [0.25, 0.3) is 0 Å². The molecule has 0 aliphatic carbocycles. The molecule has 0 saturated carbocycles. The number of ether oxygens (including phenoxy) is 2. The fraction of sp³-hybridized carbons (Fsp3) is 0.500. The van der Waals surface area contributed by atoms with Gasteiger partial charge < -0.3 is 20.1 Å². The molecule has 0 aliphatic rings. The molecule has 0 atom stereocenters. The standard InChI is InChI=1S/C14H22N2O2S/c1-11-5-4-6-12(14(15)19)13(11)16(7-9-17-2)8-10-18-3/h4-6H,7-10H2,1-3H3,(H2,15,19). The van der Waals surface area contributed by atoms with Gasteiger partial charge in [-0.25, -0.2) is 0 Å². The van der Waals surface area contributed by atoms with Crippen LogP contribution in [0.1, 0.15) is 11.1 Å². The molecule has 2 N–H and O–H groups in total. The van der Waals surface area contributed by atoms with Gasteiger partial charge in [-0.05, 0) is 18.6 Å². The average molecular weight is 282 g/mol. The maximum absolute atomic E-state index is 5.82. The minimum atomic E-state index is 0.415. The van der Waals surface area contributed by atoms with Crippen LogP contribution in [0.2, 0.25) is 0 Å². The molecule has 0 aromatic heterocycles. The summed E-state index contributed by atoms with van der Waals surface area (Å²) in [6.07, 6.45) is 0. The number of hydrogen-bond donors (Lipinski definition) is 1. The Balaban J connectivity index is 3.08. The third-order valence-corrected chi connectivity index (χ3v) is 3.17. The summed E-state index contributed by atoms with van der Waals surface area (Å²) >= 11 is 5.14. The van der Waals surface area contributed by atoms with Crippen molar-refractivity contribution < 1.29 is 9.47 Å². The lowest BCUT2D eigenvalue weighted by Crippen LogP contribution is -2.33. The van der Waals surface area contributed by atoms with Gasteiger partial charge in [-0.15, -0.1) is 0 Å². The zero-order valence-corrected chi connectivity index (χ0v) is 12.6. The summed E-state index contributed by atoms with van der Waals surface area (Å²) in [5.74, 6) is 0. The molecule has 19 heavy (non-hydrogen) atoms. The summed E-state index contributed by atoms with van der Waals surface area (Å²) in [6, 6.07) is 5.99. The average Bonchev–Trinajstić information content (AvgIpc) is 2.39. The number of anilines is 1. The largest absolute Gasteiger partial charge is 0.389 e. The van der Waals surface area contributed by atoms with Crippen molar-refractivity contribution in [1.29, 1.82) is 0 Å². The van der Waals surface area contributed by atoms with Gasteiger partial charge in [0.05, 0.1) is 18.9 Å². The minimum Gasteiger partial charge on any atom is -0.389 e. The molecule has 0 heterocycles. The van der Waals surface area contributed by atoms with E-state index in [-0.39, 0.29) is 0 Å². The van der Waals surface area contributed by atoms with Crippen molar-refractivity contribution in [2.24, 2.45) is 5.73 Å². The van der Waals surface area contributed by atoms with Crippen molar-refractivity contribution in [3.05, 3.63) is 29.3 Å². The Bertz CT molecular complexity index is 416. The molecule has 0 unspecified atom stereocenters. The van der Waals surface area contributed by atoms with Gasteiger partial charge in [0.25, 0.3) is 0 Å². The lowest BCUT2D eigenvalue weighted by Gasteiger charge is -2.28. The molecular formula is C14H22N2O2S. The summed E-state index contributed by atoms with van der Waals surface area (Å²) in [7, 11) is 3.39. The predicted molar refractivity (Wildman–Crippen MR) is 83.0 cm³/mol. The van der Waals surface area contributed by atoms with E-state index < -0.39 is 0 Å². The number of nitrogens with zero attached hydrogens (tertiary/aromatic N) is 1. The number of nitrogens with two attached hydrogens (primary N) is 1. The van der Waals surface area contributed by atoms with Gasteiger partial charge in [0.15, 0.2) is 0 Å². The van der Waals surface area contributed by atoms with E-state index in [0.29, 0.717) is 18.2 Å². The van der Waals surface area contributed by atoms with E-state index in [9.17, 15) is 0 Å². The maximum atomic E-state index is 5.82. The molecule has 106 valence electrons. The second-order valence-electron chi connectivity index (χ2n) is 4.31. The fourth-order valence-electron chi connectivity index (χ4n) is 2.02. The van der Waals surface area contributed by atoms with E-state index in [2.05, 4.69) is 17.9 Å². The number of hydrogen-bond acceptors (Lipinski definition) is 4. The third-order valence-electron chi connectivity index (χ3n) is 2.95. The van der Waals surface area contributed by atoms with Crippen molar-refractivity contribution in [2.45, 2.75) is 6.92 Å². The molecule has 5 heteroatoms. The molecule has 0 radical (unpaired) electrons. The Morgan fingerprint density at radius 1 is 1.21 bits per heavy atom. The Hall–Kier alpha value is -1.17. The number of aryl methyl sites for hydroxylation is 1. The SMILES string of the molecule is COCCN(CCOC)c1c(C)cccc1C(N)=S. The molecule has 0 aliphatic heterocycles. The van der Waals surface area contributed by atoms with Crippen molar-refractivity contribution >= 4 is 22.9 Å². The molecule has 0 saturated heterocycles. The first-order chi connectivity index (χ1) is 9.11. The highest BCUT2D eigenvalue weighted by atomic mass is 32.1. The Labute approximate surface area is 120 Å². The summed E-state index contributed by atoms with van der Waals surface area (Å²) in [5.41, 5.74) is 8.95. The fourth-order valence-corrected chi connectivity index (χ4v) is 2.18. The van der Waals surface area contributed by atoms with Gasteiger partial charge in [-0.1, -0.05) is 24.4 Å². The number of methoxy groups -OCH3 is 2. The van der Waals surface area contributed by atoms with Crippen molar-refractivity contribution in [3.63, 3.8) is 0 Å². The smallest absolute Gasteiger partial charge is 0.106 e.